The lowest BCUT2D eigenvalue weighted by atomic mass is 9.94. The van der Waals surface area contributed by atoms with E-state index in [-0.39, 0.29) is 11.6 Å². The Balaban J connectivity index is 0.000000447. The van der Waals surface area contributed by atoms with Gasteiger partial charge in [0.1, 0.15) is 11.9 Å². The summed E-state index contributed by atoms with van der Waals surface area (Å²) >= 11 is 0. The topological polar surface area (TPSA) is 123 Å². The number of nitrogens with two attached hydrogens (primary N) is 1. The van der Waals surface area contributed by atoms with Crippen molar-refractivity contribution in [2.75, 3.05) is 0 Å². The summed E-state index contributed by atoms with van der Waals surface area (Å²) in [6, 6.07) is 12.2. The molecule has 1 unspecified atom stereocenters. The Kier molecular flexibility index (Phi) is 9.55. The molecule has 0 fully saturated rings. The van der Waals surface area contributed by atoms with E-state index in [0.717, 1.165) is 24.2 Å². The van der Waals surface area contributed by atoms with Gasteiger partial charge in [0.05, 0.1) is 0 Å². The Hall–Kier alpha value is -3.19. The van der Waals surface area contributed by atoms with E-state index in [2.05, 4.69) is 24.0 Å². The molecule has 2 rings (SSSR count). The maximum atomic E-state index is 9.55. The molecule has 0 bridgehead atoms. The number of hydrogen-bond donors (Lipinski definition) is 3. The number of aryl methyl sites for hydroxylation is 1. The number of hydrogen-bond acceptors (Lipinski definition) is 5. The van der Waals surface area contributed by atoms with Crippen LogP contribution in [0.4, 0.5) is 0 Å². The Morgan fingerprint density at radius 2 is 1.72 bits per heavy atom. The Labute approximate surface area is 170 Å². The highest BCUT2D eigenvalue weighted by Gasteiger charge is 2.22. The zero-order valence-corrected chi connectivity index (χ0v) is 16.9. The van der Waals surface area contributed by atoms with Crippen molar-refractivity contribution in [3.63, 3.8) is 0 Å². The molecule has 0 amide bonds. The minimum Gasteiger partial charge on any atom is -0.486 e. The van der Waals surface area contributed by atoms with Crippen molar-refractivity contribution < 1.29 is 24.5 Å². The molecule has 0 radical (unpaired) electrons. The lowest BCUT2D eigenvalue weighted by molar-refractivity contribution is -0.134. The SMILES string of the molecule is CCc1ccc(OC(CC(C)(C)N)c2cccnc2)cc1.O=C(O)C=CC(=O)O. The van der Waals surface area contributed by atoms with Crippen LogP contribution in [0.1, 0.15) is 44.4 Å². The van der Waals surface area contributed by atoms with Gasteiger partial charge in [-0.05, 0) is 44.0 Å². The van der Waals surface area contributed by atoms with Gasteiger partial charge in [-0.25, -0.2) is 9.59 Å². The predicted molar refractivity (Wildman–Crippen MR) is 111 cm³/mol. The lowest BCUT2D eigenvalue weighted by Crippen LogP contribution is -2.35. The van der Waals surface area contributed by atoms with E-state index in [0.29, 0.717) is 12.2 Å². The zero-order valence-electron chi connectivity index (χ0n) is 16.9. The molecule has 156 valence electrons. The van der Waals surface area contributed by atoms with Gasteiger partial charge in [-0.1, -0.05) is 25.1 Å². The third-order valence-corrected chi connectivity index (χ3v) is 3.75. The molecule has 1 heterocycles. The second-order valence-corrected chi connectivity index (χ2v) is 7.09. The minimum absolute atomic E-state index is 0.0915. The maximum Gasteiger partial charge on any atom is 0.328 e. The van der Waals surface area contributed by atoms with E-state index in [4.69, 9.17) is 20.7 Å². The molecule has 4 N–H and O–H groups in total. The van der Waals surface area contributed by atoms with Crippen LogP contribution in [-0.4, -0.2) is 32.7 Å². The molecule has 0 spiro atoms. The third kappa shape index (κ3) is 10.7. The van der Waals surface area contributed by atoms with Crippen LogP contribution in [0, 0.1) is 0 Å². The van der Waals surface area contributed by atoms with Crippen molar-refractivity contribution >= 4 is 11.9 Å². The normalized spacial score (nSPS) is 12.0. The fraction of sp³-hybridized carbons (Fsp3) is 0.318. The van der Waals surface area contributed by atoms with Gasteiger partial charge in [0.25, 0.3) is 0 Å². The van der Waals surface area contributed by atoms with E-state index in [1.54, 1.807) is 6.20 Å². The number of pyridine rings is 1. The fourth-order valence-electron chi connectivity index (χ4n) is 2.38. The van der Waals surface area contributed by atoms with Gasteiger partial charge in [0, 0.05) is 42.1 Å². The summed E-state index contributed by atoms with van der Waals surface area (Å²) in [5, 5.41) is 15.6. The molecule has 0 aliphatic carbocycles. The van der Waals surface area contributed by atoms with Gasteiger partial charge in [-0.3, -0.25) is 4.98 Å². The molecule has 7 heteroatoms. The van der Waals surface area contributed by atoms with Crippen molar-refractivity contribution in [3.05, 3.63) is 72.1 Å². The van der Waals surface area contributed by atoms with Gasteiger partial charge >= 0.3 is 11.9 Å². The summed E-state index contributed by atoms with van der Waals surface area (Å²) in [4.78, 5) is 23.3. The van der Waals surface area contributed by atoms with Gasteiger partial charge in [0.15, 0.2) is 0 Å². The molecule has 29 heavy (non-hydrogen) atoms. The minimum atomic E-state index is -1.26. The fourth-order valence-corrected chi connectivity index (χ4v) is 2.38. The quantitative estimate of drug-likeness (QED) is 0.579. The average molecular weight is 400 g/mol. The summed E-state index contributed by atoms with van der Waals surface area (Å²) in [5.74, 6) is -1.65. The number of rotatable bonds is 8. The van der Waals surface area contributed by atoms with Gasteiger partial charge in [-0.2, -0.15) is 0 Å². The summed E-state index contributed by atoms with van der Waals surface area (Å²) in [7, 11) is 0. The smallest absolute Gasteiger partial charge is 0.328 e. The number of aliphatic carboxylic acids is 2. The first-order chi connectivity index (χ1) is 13.6. The number of aromatic nitrogens is 1. The summed E-state index contributed by atoms with van der Waals surface area (Å²) in [5.41, 5.74) is 8.23. The van der Waals surface area contributed by atoms with Crippen LogP contribution < -0.4 is 10.5 Å². The van der Waals surface area contributed by atoms with E-state index in [1.807, 2.05) is 44.3 Å². The summed E-state index contributed by atoms with van der Waals surface area (Å²) < 4.78 is 6.16. The highest BCUT2D eigenvalue weighted by Crippen LogP contribution is 2.28. The van der Waals surface area contributed by atoms with Gasteiger partial charge in [-0.15, -0.1) is 0 Å². The standard InChI is InChI=1S/C18H24N2O.C4H4O4/c1-4-14-7-9-16(10-8-14)21-17(12-18(2,3)19)15-6-5-11-20-13-15;5-3(6)1-2-4(7)8/h5-11,13,17H,4,12,19H2,1-3H3;1-2H,(H,5,6)(H,7,8). The largest absolute Gasteiger partial charge is 0.486 e. The highest BCUT2D eigenvalue weighted by atomic mass is 16.5. The molecule has 2 aromatic rings. The molecule has 0 saturated carbocycles. The van der Waals surface area contributed by atoms with Crippen LogP contribution in [0.5, 0.6) is 5.75 Å². The second kappa shape index (κ2) is 11.6. The monoisotopic (exact) mass is 400 g/mol. The molecule has 0 aliphatic rings. The van der Waals surface area contributed by atoms with E-state index in [9.17, 15) is 9.59 Å². The summed E-state index contributed by atoms with van der Waals surface area (Å²) in [6.45, 7) is 6.17. The number of carboxylic acids is 2. The molecule has 1 aromatic carbocycles. The van der Waals surface area contributed by atoms with Crippen LogP contribution in [0.15, 0.2) is 60.9 Å². The maximum absolute atomic E-state index is 9.55. The van der Waals surface area contributed by atoms with E-state index in [1.165, 1.54) is 5.56 Å². The predicted octanol–water partition coefficient (Wildman–Crippen LogP) is 3.60. The molecule has 1 aromatic heterocycles. The first kappa shape index (κ1) is 23.8. The number of ether oxygens (including phenoxy) is 1. The van der Waals surface area contributed by atoms with Crippen LogP contribution in [0.25, 0.3) is 0 Å². The van der Waals surface area contributed by atoms with E-state index >= 15 is 0 Å². The molecular formula is C22H28N2O5. The molecular weight excluding hydrogens is 372 g/mol. The Morgan fingerprint density at radius 1 is 1.14 bits per heavy atom. The van der Waals surface area contributed by atoms with Crippen LogP contribution in [-0.2, 0) is 16.0 Å². The lowest BCUT2D eigenvalue weighted by Gasteiger charge is -2.27. The number of nitrogens with zero attached hydrogens (tertiary/aromatic N) is 1. The highest BCUT2D eigenvalue weighted by molar-refractivity contribution is 5.89. The third-order valence-electron chi connectivity index (χ3n) is 3.75. The number of benzene rings is 1. The number of carboxylic acid groups (broad SMARTS) is 2. The van der Waals surface area contributed by atoms with Crippen molar-refractivity contribution in [1.29, 1.82) is 0 Å². The summed E-state index contributed by atoms with van der Waals surface area (Å²) in [6.07, 6.45) is 6.40. The van der Waals surface area contributed by atoms with Gasteiger partial charge < -0.3 is 20.7 Å². The molecule has 1 atom stereocenters. The van der Waals surface area contributed by atoms with Crippen molar-refractivity contribution in [1.82, 2.24) is 4.98 Å². The Bertz CT molecular complexity index is 780. The first-order valence-corrected chi connectivity index (χ1v) is 9.19. The number of carbonyl (C=O) groups is 2. The van der Waals surface area contributed by atoms with Crippen molar-refractivity contribution in [2.24, 2.45) is 5.73 Å². The van der Waals surface area contributed by atoms with Crippen LogP contribution in [0.3, 0.4) is 0 Å². The zero-order chi connectivity index (χ0) is 21.9. The van der Waals surface area contributed by atoms with E-state index < -0.39 is 11.9 Å². The van der Waals surface area contributed by atoms with Gasteiger partial charge in [0.2, 0.25) is 0 Å². The average Bonchev–Trinajstić information content (AvgIpc) is 2.66. The Morgan fingerprint density at radius 3 is 2.14 bits per heavy atom. The van der Waals surface area contributed by atoms with Crippen LogP contribution in [0.2, 0.25) is 0 Å². The molecule has 0 aliphatic heterocycles. The van der Waals surface area contributed by atoms with Crippen molar-refractivity contribution in [3.8, 4) is 5.75 Å². The second-order valence-electron chi connectivity index (χ2n) is 7.09. The first-order valence-electron chi connectivity index (χ1n) is 9.19. The van der Waals surface area contributed by atoms with Crippen molar-refractivity contribution in [2.45, 2.75) is 45.3 Å². The van der Waals surface area contributed by atoms with Crippen LogP contribution >= 0.6 is 0 Å². The molecule has 0 saturated heterocycles. The molecule has 7 nitrogen and oxygen atoms in total.